The summed E-state index contributed by atoms with van der Waals surface area (Å²) in [4.78, 5) is 0. The Balaban J connectivity index is 2.88. The van der Waals surface area contributed by atoms with Crippen molar-refractivity contribution in [1.82, 2.24) is 5.32 Å². The van der Waals surface area contributed by atoms with Gasteiger partial charge in [-0.3, -0.25) is 0 Å². The van der Waals surface area contributed by atoms with Gasteiger partial charge in [-0.25, -0.2) is 0 Å². The minimum atomic E-state index is 0.217. The van der Waals surface area contributed by atoms with Crippen LogP contribution in [0.5, 0.6) is 11.5 Å². The molecule has 0 saturated heterocycles. The van der Waals surface area contributed by atoms with E-state index in [4.69, 9.17) is 9.47 Å². The molecule has 3 heteroatoms. The number of hydrogen-bond acceptors (Lipinski definition) is 3. The quantitative estimate of drug-likeness (QED) is 0.736. The Morgan fingerprint density at radius 2 is 1.65 bits per heavy atom. The van der Waals surface area contributed by atoms with Crippen LogP contribution >= 0.6 is 0 Å². The zero-order chi connectivity index (χ0) is 15.0. The van der Waals surface area contributed by atoms with Gasteiger partial charge in [0.15, 0.2) is 0 Å². The maximum atomic E-state index is 6.03. The SMILES string of the molecule is CCNCc1ccc(OC(C)CC)cc1OC(C)CC. The Bertz CT molecular complexity index is 393. The molecule has 2 unspecified atom stereocenters. The van der Waals surface area contributed by atoms with E-state index >= 15 is 0 Å². The van der Waals surface area contributed by atoms with Crippen LogP contribution in [0.1, 0.15) is 53.0 Å². The number of nitrogens with one attached hydrogen (secondary N) is 1. The van der Waals surface area contributed by atoms with Crippen molar-refractivity contribution in [2.24, 2.45) is 0 Å². The average Bonchev–Trinajstić information content (AvgIpc) is 2.46. The number of rotatable bonds is 9. The Kier molecular flexibility index (Phi) is 7.45. The summed E-state index contributed by atoms with van der Waals surface area (Å²) in [6.45, 7) is 12.3. The van der Waals surface area contributed by atoms with E-state index in [-0.39, 0.29) is 12.2 Å². The molecule has 0 fully saturated rings. The van der Waals surface area contributed by atoms with Gasteiger partial charge in [0.05, 0.1) is 12.2 Å². The van der Waals surface area contributed by atoms with E-state index in [2.05, 4.69) is 46.0 Å². The van der Waals surface area contributed by atoms with Crippen LogP contribution in [0.15, 0.2) is 18.2 Å². The lowest BCUT2D eigenvalue weighted by Crippen LogP contribution is -2.16. The molecule has 0 aliphatic rings. The average molecular weight is 279 g/mol. The van der Waals surface area contributed by atoms with Crippen LogP contribution in [-0.2, 0) is 6.54 Å². The third kappa shape index (κ3) is 5.41. The second-order valence-corrected chi connectivity index (χ2v) is 5.22. The maximum absolute atomic E-state index is 6.03. The van der Waals surface area contributed by atoms with Gasteiger partial charge in [-0.2, -0.15) is 0 Å². The lowest BCUT2D eigenvalue weighted by molar-refractivity contribution is 0.203. The van der Waals surface area contributed by atoms with Crippen LogP contribution < -0.4 is 14.8 Å². The molecule has 0 heterocycles. The number of hydrogen-bond donors (Lipinski definition) is 1. The van der Waals surface area contributed by atoms with Gasteiger partial charge in [0.2, 0.25) is 0 Å². The molecule has 0 aliphatic carbocycles. The third-order valence-electron chi connectivity index (χ3n) is 3.42. The molecular formula is C17H29NO2. The van der Waals surface area contributed by atoms with Crippen molar-refractivity contribution in [2.45, 2.75) is 66.2 Å². The van der Waals surface area contributed by atoms with Gasteiger partial charge in [-0.15, -0.1) is 0 Å². The zero-order valence-electron chi connectivity index (χ0n) is 13.5. The predicted molar refractivity (Wildman–Crippen MR) is 84.6 cm³/mol. The molecule has 0 aliphatic heterocycles. The first-order valence-electron chi connectivity index (χ1n) is 7.77. The molecule has 0 amide bonds. The first kappa shape index (κ1) is 16.8. The topological polar surface area (TPSA) is 30.5 Å². The van der Waals surface area contributed by atoms with Crippen LogP contribution in [0, 0.1) is 0 Å². The zero-order valence-corrected chi connectivity index (χ0v) is 13.5. The Morgan fingerprint density at radius 3 is 2.25 bits per heavy atom. The molecule has 0 spiro atoms. The first-order valence-corrected chi connectivity index (χ1v) is 7.77. The van der Waals surface area contributed by atoms with Crippen LogP contribution in [-0.4, -0.2) is 18.8 Å². The van der Waals surface area contributed by atoms with Gasteiger partial charge in [0.25, 0.3) is 0 Å². The lowest BCUT2D eigenvalue weighted by atomic mass is 10.1. The molecule has 0 radical (unpaired) electrons. The van der Waals surface area contributed by atoms with Crippen LogP contribution in [0.4, 0.5) is 0 Å². The number of benzene rings is 1. The van der Waals surface area contributed by atoms with E-state index in [1.807, 2.05) is 12.1 Å². The normalized spacial score (nSPS) is 13.8. The fraction of sp³-hybridized carbons (Fsp3) is 0.647. The van der Waals surface area contributed by atoms with Crippen molar-refractivity contribution in [3.63, 3.8) is 0 Å². The highest BCUT2D eigenvalue weighted by molar-refractivity contribution is 5.41. The van der Waals surface area contributed by atoms with Crippen molar-refractivity contribution in [1.29, 1.82) is 0 Å². The highest BCUT2D eigenvalue weighted by atomic mass is 16.5. The van der Waals surface area contributed by atoms with Crippen molar-refractivity contribution in [2.75, 3.05) is 6.54 Å². The Labute approximate surface area is 123 Å². The highest BCUT2D eigenvalue weighted by Crippen LogP contribution is 2.27. The summed E-state index contributed by atoms with van der Waals surface area (Å²) < 4.78 is 11.9. The molecule has 114 valence electrons. The van der Waals surface area contributed by atoms with Gasteiger partial charge in [0, 0.05) is 18.2 Å². The predicted octanol–water partition coefficient (Wildman–Crippen LogP) is 4.15. The summed E-state index contributed by atoms with van der Waals surface area (Å²) in [6.07, 6.45) is 2.44. The third-order valence-corrected chi connectivity index (χ3v) is 3.42. The van der Waals surface area contributed by atoms with E-state index in [0.717, 1.165) is 37.4 Å². The Hall–Kier alpha value is -1.22. The second-order valence-electron chi connectivity index (χ2n) is 5.22. The minimum Gasteiger partial charge on any atom is -0.491 e. The lowest BCUT2D eigenvalue weighted by Gasteiger charge is -2.19. The molecule has 1 aromatic carbocycles. The molecule has 0 bridgehead atoms. The largest absolute Gasteiger partial charge is 0.491 e. The molecule has 1 N–H and O–H groups in total. The van der Waals surface area contributed by atoms with Crippen LogP contribution in [0.25, 0.3) is 0 Å². The molecule has 20 heavy (non-hydrogen) atoms. The highest BCUT2D eigenvalue weighted by Gasteiger charge is 2.10. The molecule has 3 nitrogen and oxygen atoms in total. The monoisotopic (exact) mass is 279 g/mol. The van der Waals surface area contributed by atoms with E-state index in [9.17, 15) is 0 Å². The minimum absolute atomic E-state index is 0.217. The fourth-order valence-electron chi connectivity index (χ4n) is 1.74. The van der Waals surface area contributed by atoms with E-state index in [0.29, 0.717) is 0 Å². The smallest absolute Gasteiger partial charge is 0.127 e. The van der Waals surface area contributed by atoms with Crippen LogP contribution in [0.3, 0.4) is 0 Å². The van der Waals surface area contributed by atoms with Crippen molar-refractivity contribution < 1.29 is 9.47 Å². The summed E-state index contributed by atoms with van der Waals surface area (Å²) in [5, 5.41) is 3.35. The van der Waals surface area contributed by atoms with Gasteiger partial charge in [0.1, 0.15) is 11.5 Å². The van der Waals surface area contributed by atoms with Crippen molar-refractivity contribution >= 4 is 0 Å². The van der Waals surface area contributed by atoms with Crippen molar-refractivity contribution in [3.8, 4) is 11.5 Å². The van der Waals surface area contributed by atoms with Gasteiger partial charge in [-0.05, 0) is 39.3 Å². The molecule has 2 atom stereocenters. The second kappa shape index (κ2) is 8.85. The van der Waals surface area contributed by atoms with E-state index in [1.54, 1.807) is 0 Å². The summed E-state index contributed by atoms with van der Waals surface area (Å²) in [7, 11) is 0. The van der Waals surface area contributed by atoms with Crippen LogP contribution in [0.2, 0.25) is 0 Å². The summed E-state index contributed by atoms with van der Waals surface area (Å²) >= 11 is 0. The summed E-state index contributed by atoms with van der Waals surface area (Å²) in [6, 6.07) is 6.14. The molecule has 1 aromatic rings. The molecule has 0 aromatic heterocycles. The van der Waals surface area contributed by atoms with Gasteiger partial charge < -0.3 is 14.8 Å². The first-order chi connectivity index (χ1) is 9.60. The van der Waals surface area contributed by atoms with Gasteiger partial charge in [-0.1, -0.05) is 26.8 Å². The molecule has 0 saturated carbocycles. The van der Waals surface area contributed by atoms with E-state index in [1.165, 1.54) is 5.56 Å². The van der Waals surface area contributed by atoms with Crippen molar-refractivity contribution in [3.05, 3.63) is 23.8 Å². The molecule has 1 rings (SSSR count). The number of ether oxygens (including phenoxy) is 2. The summed E-state index contributed by atoms with van der Waals surface area (Å²) in [5.41, 5.74) is 1.18. The van der Waals surface area contributed by atoms with E-state index < -0.39 is 0 Å². The fourth-order valence-corrected chi connectivity index (χ4v) is 1.74. The standard InChI is InChI=1S/C17H29NO2/c1-6-13(4)19-16-10-9-15(12-18-8-3)17(11-16)20-14(5)7-2/h9-11,13-14,18H,6-8,12H2,1-5H3. The Morgan fingerprint density at radius 1 is 1.00 bits per heavy atom. The molecular weight excluding hydrogens is 250 g/mol. The maximum Gasteiger partial charge on any atom is 0.127 e. The van der Waals surface area contributed by atoms with Gasteiger partial charge >= 0.3 is 0 Å². The summed E-state index contributed by atoms with van der Waals surface area (Å²) in [5.74, 6) is 1.82.